The molecular formula is C21H15F3N4O. The van der Waals surface area contributed by atoms with E-state index < -0.39 is 12.4 Å². The third-order valence-electron chi connectivity index (χ3n) is 4.32. The standard InChI is InChI=1S/C21H15F3N4O/c1-25-20-16-9-12(15-6-5-14(22)10-18(15)29-21(23)24)4-7-17(16)27-19(28-20)13-3-2-8-26-11-13/h2-11,21H,1H3,(H,25,27,28). The molecule has 0 unspecified atom stereocenters. The van der Waals surface area contributed by atoms with Gasteiger partial charge >= 0.3 is 6.61 Å². The fraction of sp³-hybridized carbons (Fsp3) is 0.0952. The van der Waals surface area contributed by atoms with Crippen molar-refractivity contribution >= 4 is 16.7 Å². The monoisotopic (exact) mass is 396 g/mol. The Kier molecular flexibility index (Phi) is 4.99. The van der Waals surface area contributed by atoms with E-state index in [0.717, 1.165) is 11.6 Å². The SMILES string of the molecule is CNc1nc(-c2cccnc2)nc2ccc(-c3ccc(F)cc3OC(F)F)cc12. The molecule has 0 aliphatic carbocycles. The zero-order valence-electron chi connectivity index (χ0n) is 15.2. The Balaban J connectivity index is 1.85. The van der Waals surface area contributed by atoms with Crippen molar-refractivity contribution in [2.24, 2.45) is 0 Å². The summed E-state index contributed by atoms with van der Waals surface area (Å²) in [6.45, 7) is -3.06. The Morgan fingerprint density at radius 3 is 2.59 bits per heavy atom. The molecular weight excluding hydrogens is 381 g/mol. The van der Waals surface area contributed by atoms with Gasteiger partial charge in [0.25, 0.3) is 0 Å². The quantitative estimate of drug-likeness (QED) is 0.506. The predicted molar refractivity (Wildman–Crippen MR) is 104 cm³/mol. The minimum absolute atomic E-state index is 0.238. The number of nitrogens with zero attached hydrogens (tertiary/aromatic N) is 3. The molecule has 0 saturated carbocycles. The third kappa shape index (κ3) is 3.82. The van der Waals surface area contributed by atoms with E-state index in [0.29, 0.717) is 33.7 Å². The summed E-state index contributed by atoms with van der Waals surface area (Å²) < 4.78 is 43.5. The van der Waals surface area contributed by atoms with E-state index in [1.807, 2.05) is 6.07 Å². The number of aromatic nitrogens is 3. The first kappa shape index (κ1) is 18.7. The number of fused-ring (bicyclic) bond motifs is 1. The van der Waals surface area contributed by atoms with Crippen molar-refractivity contribution in [3.05, 3.63) is 66.7 Å². The number of rotatable bonds is 5. The minimum Gasteiger partial charge on any atom is -0.434 e. The topological polar surface area (TPSA) is 59.9 Å². The van der Waals surface area contributed by atoms with Crippen molar-refractivity contribution in [3.8, 4) is 28.3 Å². The molecule has 0 atom stereocenters. The van der Waals surface area contributed by atoms with Crippen LogP contribution in [0, 0.1) is 5.82 Å². The molecule has 0 radical (unpaired) electrons. The fourth-order valence-electron chi connectivity index (χ4n) is 3.04. The second-order valence-electron chi connectivity index (χ2n) is 6.14. The van der Waals surface area contributed by atoms with E-state index in [1.54, 1.807) is 43.7 Å². The first-order chi connectivity index (χ1) is 14.0. The molecule has 0 spiro atoms. The lowest BCUT2D eigenvalue weighted by molar-refractivity contribution is -0.0495. The van der Waals surface area contributed by atoms with Gasteiger partial charge in [0.2, 0.25) is 0 Å². The van der Waals surface area contributed by atoms with Gasteiger partial charge in [-0.15, -0.1) is 0 Å². The lowest BCUT2D eigenvalue weighted by atomic mass is 10.0. The average molecular weight is 396 g/mol. The Bertz CT molecular complexity index is 1170. The first-order valence-electron chi connectivity index (χ1n) is 8.70. The normalized spacial score (nSPS) is 11.1. The van der Waals surface area contributed by atoms with Gasteiger partial charge in [0.05, 0.1) is 5.52 Å². The summed E-state index contributed by atoms with van der Waals surface area (Å²) in [5, 5.41) is 3.72. The van der Waals surface area contributed by atoms with Gasteiger partial charge < -0.3 is 10.1 Å². The highest BCUT2D eigenvalue weighted by molar-refractivity contribution is 5.94. The van der Waals surface area contributed by atoms with E-state index >= 15 is 0 Å². The molecule has 5 nitrogen and oxygen atoms in total. The van der Waals surface area contributed by atoms with Crippen LogP contribution < -0.4 is 10.1 Å². The number of pyridine rings is 1. The average Bonchev–Trinajstić information content (AvgIpc) is 2.73. The molecule has 8 heteroatoms. The van der Waals surface area contributed by atoms with Crippen molar-refractivity contribution in [2.45, 2.75) is 6.61 Å². The van der Waals surface area contributed by atoms with E-state index in [-0.39, 0.29) is 5.75 Å². The predicted octanol–water partition coefficient (Wildman–Crippen LogP) is 5.14. The molecule has 4 rings (SSSR count). The molecule has 0 aliphatic rings. The zero-order chi connectivity index (χ0) is 20.4. The number of halogens is 3. The molecule has 2 heterocycles. The molecule has 146 valence electrons. The number of hydrogen-bond acceptors (Lipinski definition) is 5. The van der Waals surface area contributed by atoms with E-state index in [9.17, 15) is 13.2 Å². The molecule has 4 aromatic rings. The van der Waals surface area contributed by atoms with Crippen LogP contribution in [0.5, 0.6) is 5.75 Å². The molecule has 0 fully saturated rings. The summed E-state index contributed by atoms with van der Waals surface area (Å²) in [4.78, 5) is 13.2. The van der Waals surface area contributed by atoms with Crippen LogP contribution >= 0.6 is 0 Å². The van der Waals surface area contributed by atoms with Crippen LogP contribution in [-0.4, -0.2) is 28.6 Å². The number of benzene rings is 2. The fourth-order valence-corrected chi connectivity index (χ4v) is 3.04. The lowest BCUT2D eigenvalue weighted by Crippen LogP contribution is -2.04. The van der Waals surface area contributed by atoms with Gasteiger partial charge in [-0.3, -0.25) is 4.98 Å². The molecule has 0 saturated heterocycles. The zero-order valence-corrected chi connectivity index (χ0v) is 15.2. The first-order valence-corrected chi connectivity index (χ1v) is 8.70. The maximum absolute atomic E-state index is 13.5. The number of nitrogens with one attached hydrogen (secondary N) is 1. The molecule has 0 amide bonds. The largest absolute Gasteiger partial charge is 0.434 e. The molecule has 2 aromatic heterocycles. The minimum atomic E-state index is -3.06. The highest BCUT2D eigenvalue weighted by Gasteiger charge is 2.15. The van der Waals surface area contributed by atoms with E-state index in [1.165, 1.54) is 12.1 Å². The number of anilines is 1. The van der Waals surface area contributed by atoms with Crippen LogP contribution in [0.15, 0.2) is 60.9 Å². The summed E-state index contributed by atoms with van der Waals surface area (Å²) in [5.74, 6) is 0.171. The summed E-state index contributed by atoms with van der Waals surface area (Å²) in [7, 11) is 1.73. The van der Waals surface area contributed by atoms with Gasteiger partial charge in [-0.25, -0.2) is 14.4 Å². The Morgan fingerprint density at radius 1 is 1.00 bits per heavy atom. The summed E-state index contributed by atoms with van der Waals surface area (Å²) in [5.41, 5.74) is 2.33. The van der Waals surface area contributed by atoms with Gasteiger partial charge in [-0.1, -0.05) is 6.07 Å². The van der Waals surface area contributed by atoms with Crippen LogP contribution in [0.3, 0.4) is 0 Å². The number of ether oxygens (including phenoxy) is 1. The van der Waals surface area contributed by atoms with Crippen LogP contribution in [0.25, 0.3) is 33.4 Å². The van der Waals surface area contributed by atoms with Gasteiger partial charge in [0.15, 0.2) is 5.82 Å². The van der Waals surface area contributed by atoms with Crippen molar-refractivity contribution in [2.75, 3.05) is 12.4 Å². The van der Waals surface area contributed by atoms with Gasteiger partial charge in [-0.2, -0.15) is 8.78 Å². The Labute approximate surface area is 164 Å². The van der Waals surface area contributed by atoms with Gasteiger partial charge in [0, 0.05) is 42.0 Å². The van der Waals surface area contributed by atoms with Crippen LogP contribution in [-0.2, 0) is 0 Å². The highest BCUT2D eigenvalue weighted by atomic mass is 19.3. The Hall–Kier alpha value is -3.68. The molecule has 29 heavy (non-hydrogen) atoms. The maximum Gasteiger partial charge on any atom is 0.387 e. The third-order valence-corrected chi connectivity index (χ3v) is 4.32. The summed E-state index contributed by atoms with van der Waals surface area (Å²) in [6, 6.07) is 12.4. The molecule has 1 N–H and O–H groups in total. The van der Waals surface area contributed by atoms with E-state index in [4.69, 9.17) is 0 Å². The molecule has 2 aromatic carbocycles. The van der Waals surface area contributed by atoms with Crippen LogP contribution in [0.4, 0.5) is 19.0 Å². The second-order valence-corrected chi connectivity index (χ2v) is 6.14. The Morgan fingerprint density at radius 2 is 1.86 bits per heavy atom. The van der Waals surface area contributed by atoms with Crippen LogP contribution in [0.2, 0.25) is 0 Å². The molecule has 0 aliphatic heterocycles. The van der Waals surface area contributed by atoms with E-state index in [2.05, 4.69) is 25.0 Å². The van der Waals surface area contributed by atoms with Crippen LogP contribution in [0.1, 0.15) is 0 Å². The van der Waals surface area contributed by atoms with Gasteiger partial charge in [0.1, 0.15) is 17.4 Å². The number of alkyl halides is 2. The van der Waals surface area contributed by atoms with Crippen molar-refractivity contribution < 1.29 is 17.9 Å². The highest BCUT2D eigenvalue weighted by Crippen LogP contribution is 2.35. The van der Waals surface area contributed by atoms with Crippen molar-refractivity contribution in [1.82, 2.24) is 15.0 Å². The second kappa shape index (κ2) is 7.75. The summed E-state index contributed by atoms with van der Waals surface area (Å²) in [6.07, 6.45) is 3.33. The summed E-state index contributed by atoms with van der Waals surface area (Å²) >= 11 is 0. The van der Waals surface area contributed by atoms with Crippen molar-refractivity contribution in [1.29, 1.82) is 0 Å². The maximum atomic E-state index is 13.5. The number of hydrogen-bond donors (Lipinski definition) is 1. The van der Waals surface area contributed by atoms with Crippen molar-refractivity contribution in [3.63, 3.8) is 0 Å². The smallest absolute Gasteiger partial charge is 0.387 e. The molecule has 0 bridgehead atoms. The lowest BCUT2D eigenvalue weighted by Gasteiger charge is -2.13. The van der Waals surface area contributed by atoms with Gasteiger partial charge in [-0.05, 0) is 42.0 Å².